The summed E-state index contributed by atoms with van der Waals surface area (Å²) in [4.78, 5) is 28.1. The van der Waals surface area contributed by atoms with E-state index in [4.69, 9.17) is 0 Å². The zero-order valence-electron chi connectivity index (χ0n) is 18.5. The van der Waals surface area contributed by atoms with Gasteiger partial charge in [-0.15, -0.1) is 0 Å². The van der Waals surface area contributed by atoms with Gasteiger partial charge in [-0.1, -0.05) is 30.3 Å². The van der Waals surface area contributed by atoms with Crippen LogP contribution in [0.4, 0.5) is 4.39 Å². The molecule has 0 saturated carbocycles. The fourth-order valence-electron chi connectivity index (χ4n) is 4.33. The molecule has 33 heavy (non-hydrogen) atoms. The fourth-order valence-corrected chi connectivity index (χ4v) is 4.33. The Hall–Kier alpha value is -3.29. The molecule has 2 heterocycles. The van der Waals surface area contributed by atoms with Crippen molar-refractivity contribution in [2.24, 2.45) is 0 Å². The molecule has 1 fully saturated rings. The molecule has 1 amide bonds. The molecule has 172 valence electrons. The van der Waals surface area contributed by atoms with Crippen molar-refractivity contribution in [3.8, 4) is 0 Å². The topological polar surface area (TPSA) is 85.4 Å². The van der Waals surface area contributed by atoms with Gasteiger partial charge in [0.15, 0.2) is 0 Å². The van der Waals surface area contributed by atoms with Gasteiger partial charge in [-0.2, -0.15) is 0 Å². The summed E-state index contributed by atoms with van der Waals surface area (Å²) < 4.78 is 13.1. The second-order valence-corrected chi connectivity index (χ2v) is 8.67. The number of nitrogens with zero attached hydrogens (tertiary/aromatic N) is 1. The fraction of sp³-hybridized carbons (Fsp3) is 0.308. The maximum absolute atomic E-state index is 13.1. The molecule has 0 spiro atoms. The van der Waals surface area contributed by atoms with Crippen LogP contribution in [0.5, 0.6) is 0 Å². The minimum absolute atomic E-state index is 0.0668. The number of pyridine rings is 1. The van der Waals surface area contributed by atoms with E-state index in [1.807, 2.05) is 24.3 Å². The van der Waals surface area contributed by atoms with Crippen LogP contribution in [0.25, 0.3) is 0 Å². The predicted octanol–water partition coefficient (Wildman–Crippen LogP) is 3.18. The van der Waals surface area contributed by atoms with Gasteiger partial charge in [0.1, 0.15) is 5.82 Å². The van der Waals surface area contributed by atoms with Crippen LogP contribution < -0.4 is 10.9 Å². The van der Waals surface area contributed by atoms with Gasteiger partial charge in [0, 0.05) is 43.5 Å². The standard InChI is InChI=1S/C26H28FN3O3/c1-30(16-18-4-13-24(31)28-15-18)26(33)20-5-2-17(3-6-20)14-22-11-12-23(29-22)25(32)19-7-9-21(27)10-8-19/h2-10,13,15,22-23,25,29,32H,11-12,14,16H2,1H3,(H,28,31)/t22?,23?,25-/m1/s1. The van der Waals surface area contributed by atoms with Gasteiger partial charge >= 0.3 is 0 Å². The molecule has 1 aliphatic heterocycles. The number of hydrogen-bond donors (Lipinski definition) is 3. The van der Waals surface area contributed by atoms with Gasteiger partial charge in [0.2, 0.25) is 5.56 Å². The van der Waals surface area contributed by atoms with Gasteiger partial charge in [0.05, 0.1) is 6.10 Å². The lowest BCUT2D eigenvalue weighted by molar-refractivity contribution is 0.0785. The zero-order valence-corrected chi connectivity index (χ0v) is 18.5. The molecule has 1 aromatic heterocycles. The summed E-state index contributed by atoms with van der Waals surface area (Å²) in [6.45, 7) is 0.404. The highest BCUT2D eigenvalue weighted by Crippen LogP contribution is 2.27. The molecule has 0 bridgehead atoms. The van der Waals surface area contributed by atoms with Gasteiger partial charge in [-0.05, 0) is 60.2 Å². The summed E-state index contributed by atoms with van der Waals surface area (Å²) in [6.07, 6.45) is 3.52. The Labute approximate surface area is 192 Å². The lowest BCUT2D eigenvalue weighted by Crippen LogP contribution is -2.35. The highest BCUT2D eigenvalue weighted by molar-refractivity contribution is 5.94. The third kappa shape index (κ3) is 5.74. The molecule has 3 N–H and O–H groups in total. The van der Waals surface area contributed by atoms with Crippen molar-refractivity contribution in [2.45, 2.75) is 44.0 Å². The van der Waals surface area contributed by atoms with E-state index >= 15 is 0 Å². The first-order chi connectivity index (χ1) is 15.9. The zero-order chi connectivity index (χ0) is 23.4. The SMILES string of the molecule is CN(Cc1ccc(=O)[nH]c1)C(=O)c1ccc(CC2CCC([C@H](O)c3ccc(F)cc3)N2)cc1. The Morgan fingerprint density at radius 3 is 2.42 bits per heavy atom. The van der Waals surface area contributed by atoms with E-state index in [1.165, 1.54) is 18.2 Å². The van der Waals surface area contributed by atoms with E-state index in [9.17, 15) is 19.1 Å². The molecule has 2 unspecified atom stereocenters. The van der Waals surface area contributed by atoms with Crippen molar-refractivity contribution >= 4 is 5.91 Å². The van der Waals surface area contributed by atoms with Crippen molar-refractivity contribution in [2.75, 3.05) is 7.05 Å². The van der Waals surface area contributed by atoms with E-state index in [-0.39, 0.29) is 29.4 Å². The van der Waals surface area contributed by atoms with Crippen molar-refractivity contribution in [3.05, 3.63) is 105 Å². The third-order valence-corrected chi connectivity index (χ3v) is 6.17. The average Bonchev–Trinajstić information content (AvgIpc) is 3.29. The molecule has 4 rings (SSSR count). The van der Waals surface area contributed by atoms with E-state index in [2.05, 4.69) is 10.3 Å². The lowest BCUT2D eigenvalue weighted by Gasteiger charge is -2.21. The summed E-state index contributed by atoms with van der Waals surface area (Å²) in [5.41, 5.74) is 3.12. The van der Waals surface area contributed by atoms with Crippen LogP contribution in [0.1, 0.15) is 46.0 Å². The Bertz CT molecular complexity index is 1120. The van der Waals surface area contributed by atoms with Crippen molar-refractivity contribution < 1.29 is 14.3 Å². The Morgan fingerprint density at radius 2 is 1.76 bits per heavy atom. The first kappa shape index (κ1) is 22.9. The number of rotatable bonds is 7. The first-order valence-electron chi connectivity index (χ1n) is 11.1. The minimum Gasteiger partial charge on any atom is -0.387 e. The largest absolute Gasteiger partial charge is 0.387 e. The molecule has 2 aromatic carbocycles. The average molecular weight is 450 g/mol. The Balaban J connectivity index is 1.31. The molecular formula is C26H28FN3O3. The second-order valence-electron chi connectivity index (χ2n) is 8.67. The van der Waals surface area contributed by atoms with Gasteiger partial charge < -0.3 is 20.3 Å². The molecule has 0 radical (unpaired) electrons. The number of aliphatic hydroxyl groups excluding tert-OH is 1. The Morgan fingerprint density at radius 1 is 1.06 bits per heavy atom. The van der Waals surface area contributed by atoms with Crippen LogP contribution in [0, 0.1) is 5.82 Å². The number of H-pyrrole nitrogens is 1. The normalized spacial score (nSPS) is 18.8. The maximum Gasteiger partial charge on any atom is 0.253 e. The number of hydrogen-bond acceptors (Lipinski definition) is 4. The van der Waals surface area contributed by atoms with Gasteiger partial charge in [-0.3, -0.25) is 9.59 Å². The van der Waals surface area contributed by atoms with Crippen LogP contribution in [-0.4, -0.2) is 40.0 Å². The van der Waals surface area contributed by atoms with Crippen LogP contribution in [0.15, 0.2) is 71.7 Å². The number of carbonyl (C=O) groups is 1. The van der Waals surface area contributed by atoms with Gasteiger partial charge in [0.25, 0.3) is 5.91 Å². The minimum atomic E-state index is -0.673. The molecule has 3 aromatic rings. The first-order valence-corrected chi connectivity index (χ1v) is 11.1. The predicted molar refractivity (Wildman–Crippen MR) is 124 cm³/mol. The number of carbonyl (C=O) groups excluding carboxylic acids is 1. The number of aromatic nitrogens is 1. The van der Waals surface area contributed by atoms with Crippen LogP contribution in [0.2, 0.25) is 0 Å². The van der Waals surface area contributed by atoms with Gasteiger partial charge in [-0.25, -0.2) is 4.39 Å². The van der Waals surface area contributed by atoms with Crippen molar-refractivity contribution in [3.63, 3.8) is 0 Å². The van der Waals surface area contributed by atoms with Crippen molar-refractivity contribution in [1.29, 1.82) is 0 Å². The van der Waals surface area contributed by atoms with E-state index < -0.39 is 6.10 Å². The van der Waals surface area contributed by atoms with Crippen LogP contribution in [-0.2, 0) is 13.0 Å². The lowest BCUT2D eigenvalue weighted by atomic mass is 10.0. The number of nitrogens with one attached hydrogen (secondary N) is 2. The van der Waals surface area contributed by atoms with E-state index in [1.54, 1.807) is 36.3 Å². The summed E-state index contributed by atoms with van der Waals surface area (Å²) in [7, 11) is 1.73. The number of benzene rings is 2. The van der Waals surface area contributed by atoms with Crippen LogP contribution >= 0.6 is 0 Å². The summed E-state index contributed by atoms with van der Waals surface area (Å²) in [6, 6.07) is 16.9. The highest BCUT2D eigenvalue weighted by Gasteiger charge is 2.30. The number of amides is 1. The maximum atomic E-state index is 13.1. The molecule has 0 aliphatic carbocycles. The molecule has 7 heteroatoms. The molecule has 1 aliphatic rings. The quantitative estimate of drug-likeness (QED) is 0.517. The Kier molecular flexibility index (Phi) is 7.01. The van der Waals surface area contributed by atoms with E-state index in [0.29, 0.717) is 17.7 Å². The molecule has 6 nitrogen and oxygen atoms in total. The molecule has 1 saturated heterocycles. The highest BCUT2D eigenvalue weighted by atomic mass is 19.1. The number of halogens is 1. The number of aliphatic hydroxyl groups is 1. The summed E-state index contributed by atoms with van der Waals surface area (Å²) >= 11 is 0. The monoisotopic (exact) mass is 449 g/mol. The van der Waals surface area contributed by atoms with Crippen LogP contribution in [0.3, 0.4) is 0 Å². The second kappa shape index (κ2) is 10.1. The molecule has 3 atom stereocenters. The molecular weight excluding hydrogens is 421 g/mol. The number of aromatic amines is 1. The summed E-state index contributed by atoms with van der Waals surface area (Å²) in [5.74, 6) is -0.401. The smallest absolute Gasteiger partial charge is 0.253 e. The summed E-state index contributed by atoms with van der Waals surface area (Å²) in [5, 5.41) is 14.1. The third-order valence-electron chi connectivity index (χ3n) is 6.17. The van der Waals surface area contributed by atoms with E-state index in [0.717, 1.165) is 30.4 Å². The van der Waals surface area contributed by atoms with Crippen molar-refractivity contribution in [1.82, 2.24) is 15.2 Å².